The molecular weight excluding hydrogens is 298 g/mol. The van der Waals surface area contributed by atoms with Crippen molar-refractivity contribution >= 4 is 5.91 Å². The fourth-order valence-electron chi connectivity index (χ4n) is 3.49. The second kappa shape index (κ2) is 6.56. The summed E-state index contributed by atoms with van der Waals surface area (Å²) in [7, 11) is 0. The van der Waals surface area contributed by atoms with E-state index in [9.17, 15) is 13.6 Å². The van der Waals surface area contributed by atoms with Crippen LogP contribution >= 0.6 is 0 Å². The Bertz CT molecular complexity index is 572. The summed E-state index contributed by atoms with van der Waals surface area (Å²) < 4.78 is 26.6. The molecule has 0 unspecified atom stereocenters. The number of benzene rings is 1. The third-order valence-electron chi connectivity index (χ3n) is 5.08. The van der Waals surface area contributed by atoms with E-state index in [0.29, 0.717) is 11.5 Å². The van der Waals surface area contributed by atoms with Crippen LogP contribution in [0.5, 0.6) is 0 Å². The second-order valence-electron chi connectivity index (χ2n) is 6.75. The first-order chi connectivity index (χ1) is 11.0. The molecule has 0 aliphatic carbocycles. The third kappa shape index (κ3) is 3.71. The van der Waals surface area contributed by atoms with Crippen molar-refractivity contribution in [3.63, 3.8) is 0 Å². The summed E-state index contributed by atoms with van der Waals surface area (Å²) in [5, 5.41) is 3.35. The molecule has 0 bridgehead atoms. The zero-order valence-electron chi connectivity index (χ0n) is 13.6. The lowest BCUT2D eigenvalue weighted by atomic mass is 9.88. The van der Waals surface area contributed by atoms with Crippen LogP contribution in [-0.4, -0.2) is 42.9 Å². The van der Waals surface area contributed by atoms with Crippen LogP contribution in [0, 0.1) is 6.92 Å². The quantitative estimate of drug-likeness (QED) is 0.906. The number of carbonyl (C=O) groups is 1. The summed E-state index contributed by atoms with van der Waals surface area (Å²) in [4.78, 5) is 14.3. The maximum absolute atomic E-state index is 13.3. The SMILES string of the molecule is Cc1ccc(C2CCNCC2)cc1C(=O)N1CCC(F)(F)CC1. The molecular formula is C18H24F2N2O. The molecule has 2 aliphatic rings. The predicted molar refractivity (Wildman–Crippen MR) is 86.1 cm³/mol. The third-order valence-corrected chi connectivity index (χ3v) is 5.08. The first kappa shape index (κ1) is 16.4. The molecule has 23 heavy (non-hydrogen) atoms. The van der Waals surface area contributed by atoms with Gasteiger partial charge in [-0.15, -0.1) is 0 Å². The van der Waals surface area contributed by atoms with Crippen molar-refractivity contribution in [2.24, 2.45) is 0 Å². The standard InChI is InChI=1S/C18H24F2N2O/c1-13-2-3-15(14-4-8-21-9-5-14)12-16(13)17(23)22-10-6-18(19,20)7-11-22/h2-3,12,14,21H,4-11H2,1H3. The van der Waals surface area contributed by atoms with E-state index in [4.69, 9.17) is 0 Å². The van der Waals surface area contributed by atoms with Crippen molar-refractivity contribution in [3.8, 4) is 0 Å². The van der Waals surface area contributed by atoms with Gasteiger partial charge in [0.1, 0.15) is 0 Å². The monoisotopic (exact) mass is 322 g/mol. The Balaban J connectivity index is 1.77. The Morgan fingerprint density at radius 2 is 1.87 bits per heavy atom. The molecule has 0 atom stereocenters. The average molecular weight is 322 g/mol. The zero-order valence-corrected chi connectivity index (χ0v) is 13.6. The molecule has 1 N–H and O–H groups in total. The van der Waals surface area contributed by atoms with Gasteiger partial charge in [0.25, 0.3) is 11.8 Å². The first-order valence-corrected chi connectivity index (χ1v) is 8.45. The van der Waals surface area contributed by atoms with Crippen LogP contribution in [0.1, 0.15) is 53.1 Å². The minimum atomic E-state index is -2.62. The number of aryl methyl sites for hydroxylation is 1. The minimum absolute atomic E-state index is 0.103. The van der Waals surface area contributed by atoms with Gasteiger partial charge in [-0.3, -0.25) is 4.79 Å². The maximum Gasteiger partial charge on any atom is 0.254 e. The predicted octanol–water partition coefficient (Wildman–Crippen LogP) is 3.33. The molecule has 1 aromatic rings. The van der Waals surface area contributed by atoms with Gasteiger partial charge in [0, 0.05) is 31.5 Å². The van der Waals surface area contributed by atoms with Gasteiger partial charge in [0.05, 0.1) is 0 Å². The summed E-state index contributed by atoms with van der Waals surface area (Å²) in [6.45, 7) is 4.20. The molecule has 2 heterocycles. The minimum Gasteiger partial charge on any atom is -0.338 e. The summed E-state index contributed by atoms with van der Waals surface area (Å²) >= 11 is 0. The Labute approximate surface area is 136 Å². The summed E-state index contributed by atoms with van der Waals surface area (Å²) in [5.41, 5.74) is 2.79. The molecule has 2 fully saturated rings. The number of amides is 1. The van der Waals surface area contributed by atoms with Crippen LogP contribution in [-0.2, 0) is 0 Å². The number of hydrogen-bond donors (Lipinski definition) is 1. The van der Waals surface area contributed by atoms with Crippen LogP contribution in [0.2, 0.25) is 0 Å². The van der Waals surface area contributed by atoms with Gasteiger partial charge in [-0.25, -0.2) is 8.78 Å². The Morgan fingerprint density at radius 1 is 1.22 bits per heavy atom. The van der Waals surface area contributed by atoms with Gasteiger partial charge in [-0.1, -0.05) is 12.1 Å². The van der Waals surface area contributed by atoms with E-state index in [2.05, 4.69) is 11.4 Å². The molecule has 126 valence electrons. The topological polar surface area (TPSA) is 32.3 Å². The molecule has 1 amide bonds. The number of nitrogens with zero attached hydrogens (tertiary/aromatic N) is 1. The molecule has 0 spiro atoms. The lowest BCUT2D eigenvalue weighted by Gasteiger charge is -2.32. The number of nitrogens with one attached hydrogen (secondary N) is 1. The largest absolute Gasteiger partial charge is 0.338 e. The fraction of sp³-hybridized carbons (Fsp3) is 0.611. The van der Waals surface area contributed by atoms with Crippen molar-refractivity contribution in [2.75, 3.05) is 26.2 Å². The number of likely N-dealkylation sites (tertiary alicyclic amines) is 1. The van der Waals surface area contributed by atoms with E-state index < -0.39 is 5.92 Å². The summed E-state index contributed by atoms with van der Waals surface area (Å²) in [6, 6.07) is 6.08. The number of rotatable bonds is 2. The Hall–Kier alpha value is -1.49. The average Bonchev–Trinajstić information content (AvgIpc) is 2.55. The first-order valence-electron chi connectivity index (χ1n) is 8.45. The lowest BCUT2D eigenvalue weighted by Crippen LogP contribution is -2.43. The molecule has 3 rings (SSSR count). The van der Waals surface area contributed by atoms with E-state index in [-0.39, 0.29) is 31.8 Å². The molecule has 2 saturated heterocycles. The van der Waals surface area contributed by atoms with E-state index in [1.165, 1.54) is 5.56 Å². The highest BCUT2D eigenvalue weighted by molar-refractivity contribution is 5.96. The molecule has 0 saturated carbocycles. The smallest absolute Gasteiger partial charge is 0.254 e. The van der Waals surface area contributed by atoms with Crippen molar-refractivity contribution in [1.82, 2.24) is 10.2 Å². The molecule has 5 heteroatoms. The van der Waals surface area contributed by atoms with Gasteiger partial charge in [-0.05, 0) is 56.0 Å². The molecule has 3 nitrogen and oxygen atoms in total. The van der Waals surface area contributed by atoms with Gasteiger partial charge < -0.3 is 10.2 Å². The van der Waals surface area contributed by atoms with Crippen LogP contribution in [0.3, 0.4) is 0 Å². The van der Waals surface area contributed by atoms with Crippen LogP contribution < -0.4 is 5.32 Å². The van der Waals surface area contributed by atoms with Gasteiger partial charge in [0.15, 0.2) is 0 Å². The lowest BCUT2D eigenvalue weighted by molar-refractivity contribution is -0.0494. The van der Waals surface area contributed by atoms with Crippen molar-refractivity contribution in [1.29, 1.82) is 0 Å². The number of halogens is 2. The molecule has 0 aromatic heterocycles. The highest BCUT2D eigenvalue weighted by Gasteiger charge is 2.36. The molecule has 0 radical (unpaired) electrons. The zero-order chi connectivity index (χ0) is 16.4. The number of carbonyl (C=O) groups excluding carboxylic acids is 1. The van der Waals surface area contributed by atoms with Crippen LogP contribution in [0.25, 0.3) is 0 Å². The summed E-state index contributed by atoms with van der Waals surface area (Å²) in [6.07, 6.45) is 1.69. The van der Waals surface area contributed by atoms with Crippen LogP contribution in [0.4, 0.5) is 8.78 Å². The Morgan fingerprint density at radius 3 is 2.52 bits per heavy atom. The second-order valence-corrected chi connectivity index (χ2v) is 6.75. The summed E-state index contributed by atoms with van der Waals surface area (Å²) in [5.74, 6) is -2.24. The van der Waals surface area contributed by atoms with Gasteiger partial charge >= 0.3 is 0 Å². The van der Waals surface area contributed by atoms with E-state index >= 15 is 0 Å². The van der Waals surface area contributed by atoms with Gasteiger partial charge in [-0.2, -0.15) is 0 Å². The Kier molecular flexibility index (Phi) is 4.67. The van der Waals surface area contributed by atoms with Crippen molar-refractivity contribution in [3.05, 3.63) is 34.9 Å². The molecule has 1 aromatic carbocycles. The highest BCUT2D eigenvalue weighted by Crippen LogP contribution is 2.30. The van der Waals surface area contributed by atoms with Crippen molar-refractivity contribution in [2.45, 2.75) is 44.4 Å². The van der Waals surface area contributed by atoms with E-state index in [1.807, 2.05) is 19.1 Å². The maximum atomic E-state index is 13.3. The van der Waals surface area contributed by atoms with E-state index in [0.717, 1.165) is 31.5 Å². The number of piperidine rings is 2. The van der Waals surface area contributed by atoms with Crippen LogP contribution in [0.15, 0.2) is 18.2 Å². The van der Waals surface area contributed by atoms with E-state index in [1.54, 1.807) is 4.90 Å². The fourth-order valence-corrected chi connectivity index (χ4v) is 3.49. The van der Waals surface area contributed by atoms with Gasteiger partial charge in [0.2, 0.25) is 0 Å². The number of alkyl halides is 2. The van der Waals surface area contributed by atoms with Crippen molar-refractivity contribution < 1.29 is 13.6 Å². The number of hydrogen-bond acceptors (Lipinski definition) is 2. The normalized spacial score (nSPS) is 22.1. The molecule has 2 aliphatic heterocycles. The highest BCUT2D eigenvalue weighted by atomic mass is 19.3.